The number of carbonyl (C=O) groups excluding carboxylic acids is 2. The number of anilines is 1. The highest BCUT2D eigenvalue weighted by Crippen LogP contribution is 2.24. The number of rotatable bonds is 7. The van der Waals surface area contributed by atoms with Crippen molar-refractivity contribution in [2.45, 2.75) is 33.2 Å². The Labute approximate surface area is 175 Å². The lowest BCUT2D eigenvalue weighted by Crippen LogP contribution is -2.40. The molecule has 3 aromatic rings. The summed E-state index contributed by atoms with van der Waals surface area (Å²) >= 11 is 1.49. The third kappa shape index (κ3) is 5.51. The molecule has 0 aliphatic carbocycles. The van der Waals surface area contributed by atoms with Gasteiger partial charge in [-0.15, -0.1) is 11.3 Å². The fraction of sp³-hybridized carbons (Fsp3) is 0.261. The third-order valence-electron chi connectivity index (χ3n) is 4.35. The van der Waals surface area contributed by atoms with Crippen LogP contribution >= 0.6 is 11.3 Å². The van der Waals surface area contributed by atoms with Crippen LogP contribution in [0.1, 0.15) is 25.1 Å². The van der Waals surface area contributed by atoms with E-state index in [4.69, 9.17) is 4.74 Å². The van der Waals surface area contributed by atoms with Crippen LogP contribution in [0, 0.1) is 6.92 Å². The van der Waals surface area contributed by atoms with Crippen molar-refractivity contribution in [3.63, 3.8) is 0 Å². The number of aromatic nitrogens is 1. The Morgan fingerprint density at radius 3 is 2.41 bits per heavy atom. The zero-order valence-electron chi connectivity index (χ0n) is 16.8. The fourth-order valence-electron chi connectivity index (χ4n) is 2.95. The van der Waals surface area contributed by atoms with Gasteiger partial charge in [0.1, 0.15) is 5.01 Å². The number of carbonyl (C=O) groups is 2. The van der Waals surface area contributed by atoms with Gasteiger partial charge in [-0.25, -0.2) is 4.98 Å². The van der Waals surface area contributed by atoms with E-state index in [1.807, 2.05) is 80.7 Å². The molecule has 0 atom stereocenters. The molecule has 0 unspecified atom stereocenters. The van der Waals surface area contributed by atoms with Gasteiger partial charge in [0.15, 0.2) is 6.61 Å². The maximum Gasteiger partial charge on any atom is 0.312 e. The van der Waals surface area contributed by atoms with Crippen LogP contribution in [0.3, 0.4) is 0 Å². The van der Waals surface area contributed by atoms with Crippen molar-refractivity contribution in [1.82, 2.24) is 4.98 Å². The lowest BCUT2D eigenvalue weighted by molar-refractivity contribution is -0.147. The number of aryl methyl sites for hydroxylation is 1. The normalized spacial score (nSPS) is 10.8. The minimum Gasteiger partial charge on any atom is -0.455 e. The zero-order chi connectivity index (χ0) is 20.8. The maximum absolute atomic E-state index is 12.6. The quantitative estimate of drug-likeness (QED) is 0.534. The van der Waals surface area contributed by atoms with Gasteiger partial charge in [0, 0.05) is 22.7 Å². The summed E-state index contributed by atoms with van der Waals surface area (Å²) in [5, 5.41) is 2.71. The van der Waals surface area contributed by atoms with E-state index >= 15 is 0 Å². The second-order valence-electron chi connectivity index (χ2n) is 7.04. The monoisotopic (exact) mass is 408 g/mol. The largest absolute Gasteiger partial charge is 0.455 e. The van der Waals surface area contributed by atoms with Gasteiger partial charge < -0.3 is 9.64 Å². The average molecular weight is 409 g/mol. The Morgan fingerprint density at radius 2 is 1.76 bits per heavy atom. The van der Waals surface area contributed by atoms with E-state index in [1.54, 1.807) is 4.90 Å². The second kappa shape index (κ2) is 9.47. The first-order valence-corrected chi connectivity index (χ1v) is 10.4. The lowest BCUT2D eigenvalue weighted by atomic mass is 10.2. The van der Waals surface area contributed by atoms with Crippen LogP contribution in [-0.2, 0) is 20.7 Å². The summed E-state index contributed by atoms with van der Waals surface area (Å²) in [7, 11) is 0. The van der Waals surface area contributed by atoms with Gasteiger partial charge in [0.05, 0.1) is 12.1 Å². The fourth-order valence-corrected chi connectivity index (χ4v) is 3.77. The SMILES string of the molecule is Cc1ccc(-c2nc(CC(=O)OCC(=O)N(c3ccccc3)C(C)C)cs2)cc1. The first-order chi connectivity index (χ1) is 13.9. The molecule has 150 valence electrons. The number of hydrogen-bond donors (Lipinski definition) is 0. The van der Waals surface area contributed by atoms with Crippen molar-refractivity contribution in [3.8, 4) is 10.6 Å². The average Bonchev–Trinajstić information content (AvgIpc) is 3.16. The Kier molecular flexibility index (Phi) is 6.77. The van der Waals surface area contributed by atoms with Gasteiger partial charge in [-0.3, -0.25) is 9.59 Å². The molecule has 0 N–H and O–H groups in total. The van der Waals surface area contributed by atoms with Gasteiger partial charge in [0.25, 0.3) is 5.91 Å². The van der Waals surface area contributed by atoms with E-state index in [-0.39, 0.29) is 25.0 Å². The summed E-state index contributed by atoms with van der Waals surface area (Å²) in [6, 6.07) is 17.4. The summed E-state index contributed by atoms with van der Waals surface area (Å²) in [5.41, 5.74) is 3.63. The minimum atomic E-state index is -0.462. The van der Waals surface area contributed by atoms with Gasteiger partial charge in [0.2, 0.25) is 0 Å². The Hall–Kier alpha value is -2.99. The Balaban J connectivity index is 1.57. The summed E-state index contributed by atoms with van der Waals surface area (Å²) in [5.74, 6) is -0.714. The van der Waals surface area contributed by atoms with Crippen LogP contribution < -0.4 is 4.90 Å². The third-order valence-corrected chi connectivity index (χ3v) is 5.29. The number of thiazole rings is 1. The molecule has 0 aliphatic rings. The van der Waals surface area contributed by atoms with Crippen molar-refractivity contribution in [3.05, 3.63) is 71.2 Å². The van der Waals surface area contributed by atoms with Gasteiger partial charge >= 0.3 is 5.97 Å². The predicted molar refractivity (Wildman–Crippen MR) is 116 cm³/mol. The van der Waals surface area contributed by atoms with Gasteiger partial charge in [-0.2, -0.15) is 0 Å². The number of nitrogens with zero attached hydrogens (tertiary/aromatic N) is 2. The van der Waals surface area contributed by atoms with Crippen LogP contribution in [0.15, 0.2) is 60.0 Å². The first kappa shape index (κ1) is 20.7. The van der Waals surface area contributed by atoms with Crippen molar-refractivity contribution < 1.29 is 14.3 Å². The molecule has 3 rings (SSSR count). The van der Waals surface area contributed by atoms with Crippen LogP contribution in [0.5, 0.6) is 0 Å². The van der Waals surface area contributed by atoms with E-state index in [0.29, 0.717) is 5.69 Å². The second-order valence-corrected chi connectivity index (χ2v) is 7.90. The molecule has 1 aromatic heterocycles. The van der Waals surface area contributed by atoms with Crippen LogP contribution in [0.2, 0.25) is 0 Å². The van der Waals surface area contributed by atoms with Crippen molar-refractivity contribution in [1.29, 1.82) is 0 Å². The molecule has 1 heterocycles. The molecule has 0 spiro atoms. The maximum atomic E-state index is 12.6. The van der Waals surface area contributed by atoms with Crippen LogP contribution in [0.4, 0.5) is 5.69 Å². The van der Waals surface area contributed by atoms with E-state index in [2.05, 4.69) is 4.98 Å². The van der Waals surface area contributed by atoms with E-state index in [0.717, 1.165) is 16.3 Å². The van der Waals surface area contributed by atoms with Crippen LogP contribution in [0.25, 0.3) is 10.6 Å². The molecule has 29 heavy (non-hydrogen) atoms. The minimum absolute atomic E-state index is 0.0424. The molecule has 0 bridgehead atoms. The van der Waals surface area contributed by atoms with Crippen molar-refractivity contribution in [2.24, 2.45) is 0 Å². The molecule has 0 radical (unpaired) electrons. The molecule has 0 fully saturated rings. The van der Waals surface area contributed by atoms with Crippen molar-refractivity contribution >= 4 is 28.9 Å². The molecular weight excluding hydrogens is 384 g/mol. The summed E-state index contributed by atoms with van der Waals surface area (Å²) in [6.07, 6.45) is 0.0443. The molecule has 5 nitrogen and oxygen atoms in total. The molecule has 0 saturated carbocycles. The molecular formula is C23H24N2O3S. The highest BCUT2D eigenvalue weighted by molar-refractivity contribution is 7.13. The van der Waals surface area contributed by atoms with Crippen molar-refractivity contribution in [2.75, 3.05) is 11.5 Å². The predicted octanol–water partition coefficient (Wildman–Crippen LogP) is 4.65. The highest BCUT2D eigenvalue weighted by atomic mass is 32.1. The number of hydrogen-bond acceptors (Lipinski definition) is 5. The smallest absolute Gasteiger partial charge is 0.312 e. The number of para-hydroxylation sites is 1. The highest BCUT2D eigenvalue weighted by Gasteiger charge is 2.20. The number of benzene rings is 2. The number of ether oxygens (including phenoxy) is 1. The Bertz CT molecular complexity index is 965. The van der Waals surface area contributed by atoms with E-state index < -0.39 is 5.97 Å². The summed E-state index contributed by atoms with van der Waals surface area (Å²) in [4.78, 5) is 30.9. The van der Waals surface area contributed by atoms with Crippen LogP contribution in [-0.4, -0.2) is 29.5 Å². The van der Waals surface area contributed by atoms with Gasteiger partial charge in [-0.05, 0) is 32.9 Å². The number of amides is 1. The molecule has 0 saturated heterocycles. The van der Waals surface area contributed by atoms with Gasteiger partial charge in [-0.1, -0.05) is 48.0 Å². The topological polar surface area (TPSA) is 59.5 Å². The molecule has 6 heteroatoms. The van der Waals surface area contributed by atoms with E-state index in [9.17, 15) is 9.59 Å². The summed E-state index contributed by atoms with van der Waals surface area (Å²) in [6.45, 7) is 5.59. The van der Waals surface area contributed by atoms with E-state index in [1.165, 1.54) is 16.9 Å². The zero-order valence-corrected chi connectivity index (χ0v) is 17.6. The molecule has 1 amide bonds. The summed E-state index contributed by atoms with van der Waals surface area (Å²) < 4.78 is 5.23. The standard InChI is InChI=1S/C23H24N2O3S/c1-16(2)25(20-7-5-4-6-8-20)21(26)14-28-22(27)13-19-15-29-23(24-19)18-11-9-17(3)10-12-18/h4-12,15-16H,13-14H2,1-3H3. The lowest BCUT2D eigenvalue weighted by Gasteiger charge is -2.26. The molecule has 0 aliphatic heterocycles. The Morgan fingerprint density at radius 1 is 1.07 bits per heavy atom. The molecule has 2 aromatic carbocycles. The number of esters is 1. The first-order valence-electron chi connectivity index (χ1n) is 9.48.